The van der Waals surface area contributed by atoms with Gasteiger partial charge in [-0.1, -0.05) is 5.87 Å². The van der Waals surface area contributed by atoms with Crippen LogP contribution < -0.4 is 0 Å². The molecule has 0 heterocycles. The summed E-state index contributed by atoms with van der Waals surface area (Å²) < 4.78 is 0. The summed E-state index contributed by atoms with van der Waals surface area (Å²) in [5.41, 5.74) is -0.263. The Hall–Kier alpha value is -1.36. The lowest BCUT2D eigenvalue weighted by molar-refractivity contribution is -0.386. The highest BCUT2D eigenvalue weighted by atomic mass is 32.2. The van der Waals surface area contributed by atoms with Crippen molar-refractivity contribution in [2.24, 2.45) is 0 Å². The van der Waals surface area contributed by atoms with Crippen molar-refractivity contribution in [1.29, 1.82) is 0 Å². The average molecular weight is 199 g/mol. The van der Waals surface area contributed by atoms with Crippen LogP contribution in [0.25, 0.3) is 0 Å². The number of nitrogens with zero attached hydrogens (tertiary/aromatic N) is 1. The third kappa shape index (κ3) is 2.06. The van der Waals surface area contributed by atoms with Crippen molar-refractivity contribution < 1.29 is 10.0 Å². The summed E-state index contributed by atoms with van der Waals surface area (Å²) in [4.78, 5) is 10.6. The number of hydrogen-bond donors (Lipinski definition) is 1. The Kier molecular flexibility index (Phi) is 2.67. The second kappa shape index (κ2) is 3.57. The SMILES string of the molecule is C=S(C)c1ccc(O)c([N+](=O)[O-])c1. The second-order valence-electron chi connectivity index (χ2n) is 2.54. The van der Waals surface area contributed by atoms with Gasteiger partial charge in [-0.2, -0.15) is 10.5 Å². The molecule has 13 heavy (non-hydrogen) atoms. The zero-order valence-electron chi connectivity index (χ0n) is 7.06. The molecule has 70 valence electrons. The molecule has 1 atom stereocenters. The predicted octanol–water partition coefficient (Wildman–Crippen LogP) is 1.99. The van der Waals surface area contributed by atoms with E-state index in [1.807, 2.05) is 6.26 Å². The number of nitro benzene ring substituents is 1. The summed E-state index contributed by atoms with van der Waals surface area (Å²) in [6.07, 6.45) is 1.86. The number of phenols is 1. The molecule has 1 aromatic rings. The molecule has 0 saturated carbocycles. The zero-order valence-corrected chi connectivity index (χ0v) is 7.87. The van der Waals surface area contributed by atoms with E-state index in [9.17, 15) is 10.1 Å². The zero-order chi connectivity index (χ0) is 10.0. The minimum Gasteiger partial charge on any atom is -0.502 e. The van der Waals surface area contributed by atoms with E-state index in [-0.39, 0.29) is 21.9 Å². The summed E-state index contributed by atoms with van der Waals surface area (Å²) in [7, 11) is -0.280. The van der Waals surface area contributed by atoms with E-state index < -0.39 is 4.92 Å². The lowest BCUT2D eigenvalue weighted by Crippen LogP contribution is -1.88. The number of phenolic OH excluding ortho intramolecular Hbond substituents is 1. The Bertz CT molecular complexity index is 376. The van der Waals surface area contributed by atoms with Crippen molar-refractivity contribution in [3.8, 4) is 5.75 Å². The van der Waals surface area contributed by atoms with Gasteiger partial charge in [-0.05, 0) is 18.4 Å². The van der Waals surface area contributed by atoms with Crippen molar-refractivity contribution >= 4 is 22.0 Å². The summed E-state index contributed by atoms with van der Waals surface area (Å²) in [5, 5.41) is 19.6. The van der Waals surface area contributed by atoms with Crippen molar-refractivity contribution in [2.75, 3.05) is 6.26 Å². The maximum absolute atomic E-state index is 10.4. The first-order valence-corrected chi connectivity index (χ1v) is 5.25. The molecular formula is C8H9NO3S. The minimum absolute atomic E-state index is 0.263. The van der Waals surface area contributed by atoms with Crippen LogP contribution in [0.1, 0.15) is 0 Å². The number of nitro groups is 1. The number of aromatic hydroxyl groups is 1. The van der Waals surface area contributed by atoms with Crippen molar-refractivity contribution in [1.82, 2.24) is 0 Å². The normalized spacial score (nSPS) is 12.4. The Morgan fingerprint density at radius 3 is 2.69 bits per heavy atom. The van der Waals surface area contributed by atoms with Crippen LogP contribution in [-0.4, -0.2) is 22.2 Å². The highest BCUT2D eigenvalue weighted by molar-refractivity contribution is 8.13. The fraction of sp³-hybridized carbons (Fsp3) is 0.125. The van der Waals surface area contributed by atoms with E-state index in [1.165, 1.54) is 12.1 Å². The standard InChI is InChI=1S/C8H9NO3S/c1-13(2)6-3-4-8(10)7(5-6)9(11)12/h3-5,10H,1H2,2H3. The van der Waals surface area contributed by atoms with Crippen LogP contribution in [0.2, 0.25) is 0 Å². The predicted molar refractivity (Wildman–Crippen MR) is 53.7 cm³/mol. The van der Waals surface area contributed by atoms with Crippen LogP contribution in [0, 0.1) is 10.1 Å². The first-order chi connectivity index (χ1) is 6.02. The molecule has 5 heteroatoms. The lowest BCUT2D eigenvalue weighted by atomic mass is 10.3. The van der Waals surface area contributed by atoms with E-state index in [1.54, 1.807) is 6.07 Å². The molecule has 0 saturated heterocycles. The van der Waals surface area contributed by atoms with Gasteiger partial charge in [0, 0.05) is 11.0 Å². The third-order valence-corrected chi connectivity index (χ3v) is 2.60. The average Bonchev–Trinajstić information content (AvgIpc) is 2.04. The smallest absolute Gasteiger partial charge is 0.311 e. The van der Waals surface area contributed by atoms with Gasteiger partial charge in [0.05, 0.1) is 4.92 Å². The molecule has 1 rings (SSSR count). The molecule has 0 radical (unpaired) electrons. The van der Waals surface area contributed by atoms with Crippen LogP contribution in [0.3, 0.4) is 0 Å². The molecule has 0 aromatic heterocycles. The molecule has 0 bridgehead atoms. The minimum atomic E-state index is -0.605. The van der Waals surface area contributed by atoms with Gasteiger partial charge in [-0.15, -0.1) is 0 Å². The monoisotopic (exact) mass is 199 g/mol. The fourth-order valence-corrected chi connectivity index (χ4v) is 1.48. The van der Waals surface area contributed by atoms with E-state index in [0.29, 0.717) is 0 Å². The van der Waals surface area contributed by atoms with Crippen molar-refractivity contribution in [3.05, 3.63) is 28.3 Å². The third-order valence-electron chi connectivity index (χ3n) is 1.55. The summed E-state index contributed by atoms with van der Waals surface area (Å²) in [6, 6.07) is 4.31. The topological polar surface area (TPSA) is 63.4 Å². The fourth-order valence-electron chi connectivity index (χ4n) is 0.866. The maximum Gasteiger partial charge on any atom is 0.311 e. The van der Waals surface area contributed by atoms with Crippen LogP contribution in [0.15, 0.2) is 23.1 Å². The molecule has 0 aliphatic rings. The maximum atomic E-state index is 10.4. The van der Waals surface area contributed by atoms with Gasteiger partial charge in [-0.25, -0.2) is 0 Å². The Morgan fingerprint density at radius 1 is 1.62 bits per heavy atom. The van der Waals surface area contributed by atoms with Gasteiger partial charge in [0.2, 0.25) is 0 Å². The van der Waals surface area contributed by atoms with Gasteiger partial charge in [-0.3, -0.25) is 10.1 Å². The van der Waals surface area contributed by atoms with E-state index in [4.69, 9.17) is 5.11 Å². The van der Waals surface area contributed by atoms with E-state index in [0.717, 1.165) is 4.90 Å². The lowest BCUT2D eigenvalue weighted by Gasteiger charge is -2.01. The second-order valence-corrected chi connectivity index (χ2v) is 4.29. The van der Waals surface area contributed by atoms with Gasteiger partial charge in [0.15, 0.2) is 5.75 Å². The Morgan fingerprint density at radius 2 is 2.23 bits per heavy atom. The highest BCUT2D eigenvalue weighted by Crippen LogP contribution is 2.31. The number of benzene rings is 1. The molecule has 1 N–H and O–H groups in total. The quantitative estimate of drug-likeness (QED) is 0.450. The first kappa shape index (κ1) is 9.73. The molecule has 0 amide bonds. The summed E-state index contributed by atoms with van der Waals surface area (Å²) in [5.74, 6) is 3.46. The molecule has 1 aromatic carbocycles. The van der Waals surface area contributed by atoms with Gasteiger partial charge in [0.25, 0.3) is 0 Å². The molecule has 0 fully saturated rings. The van der Waals surface area contributed by atoms with E-state index in [2.05, 4.69) is 5.87 Å². The highest BCUT2D eigenvalue weighted by Gasteiger charge is 2.13. The number of rotatable bonds is 2. The molecule has 1 unspecified atom stereocenters. The molecule has 4 nitrogen and oxygen atoms in total. The van der Waals surface area contributed by atoms with Gasteiger partial charge < -0.3 is 5.11 Å². The van der Waals surface area contributed by atoms with Crippen LogP contribution in [0.5, 0.6) is 5.75 Å². The van der Waals surface area contributed by atoms with Crippen LogP contribution in [0.4, 0.5) is 5.69 Å². The van der Waals surface area contributed by atoms with Crippen molar-refractivity contribution in [2.45, 2.75) is 4.90 Å². The Labute approximate surface area is 77.9 Å². The summed E-state index contributed by atoms with van der Waals surface area (Å²) in [6.45, 7) is 0. The molecule has 0 spiro atoms. The van der Waals surface area contributed by atoms with E-state index >= 15 is 0 Å². The van der Waals surface area contributed by atoms with Gasteiger partial charge >= 0.3 is 5.69 Å². The largest absolute Gasteiger partial charge is 0.502 e. The van der Waals surface area contributed by atoms with Crippen molar-refractivity contribution in [3.63, 3.8) is 0 Å². The van der Waals surface area contributed by atoms with Crippen LogP contribution in [-0.2, 0) is 0 Å². The molecular weight excluding hydrogens is 190 g/mol. The molecule has 0 aliphatic carbocycles. The first-order valence-electron chi connectivity index (χ1n) is 3.45. The van der Waals surface area contributed by atoms with Gasteiger partial charge in [0.1, 0.15) is 0 Å². The van der Waals surface area contributed by atoms with Crippen LogP contribution >= 0.6 is 10.5 Å². The number of hydrogen-bond acceptors (Lipinski definition) is 3. The molecule has 0 aliphatic heterocycles. The summed E-state index contributed by atoms with van der Waals surface area (Å²) >= 11 is 0. The Balaban J connectivity index is 3.27.